The SMILES string of the molecule is CC(C)(C)c1cc(C(=O)Cn2c(=N)n(Cc3ccccc3C(F)(F)F)c3ccccc32)cc(C(C)(C)C)c1O. The number of para-hydroxylation sites is 2. The van der Waals surface area contributed by atoms with Crippen molar-refractivity contribution in [3.8, 4) is 5.75 Å². The van der Waals surface area contributed by atoms with Crippen LogP contribution >= 0.6 is 0 Å². The zero-order chi connectivity index (χ0) is 28.9. The molecule has 0 bridgehead atoms. The topological polar surface area (TPSA) is 71.0 Å². The zero-order valence-corrected chi connectivity index (χ0v) is 23.1. The van der Waals surface area contributed by atoms with Gasteiger partial charge in [0.15, 0.2) is 5.78 Å². The molecule has 0 atom stereocenters. The Morgan fingerprint density at radius 1 is 0.795 bits per heavy atom. The van der Waals surface area contributed by atoms with Crippen molar-refractivity contribution in [2.24, 2.45) is 0 Å². The van der Waals surface area contributed by atoms with Gasteiger partial charge in [0.1, 0.15) is 5.75 Å². The maximum atomic E-state index is 13.7. The fourth-order valence-corrected chi connectivity index (χ4v) is 4.89. The highest BCUT2D eigenvalue weighted by Crippen LogP contribution is 2.40. The minimum atomic E-state index is -4.53. The van der Waals surface area contributed by atoms with Crippen molar-refractivity contribution in [1.29, 1.82) is 5.41 Å². The van der Waals surface area contributed by atoms with Crippen molar-refractivity contribution in [2.45, 2.75) is 71.6 Å². The number of hydrogen-bond donors (Lipinski definition) is 2. The first-order valence-corrected chi connectivity index (χ1v) is 12.8. The van der Waals surface area contributed by atoms with Crippen LogP contribution in [-0.2, 0) is 30.1 Å². The molecule has 0 aliphatic heterocycles. The van der Waals surface area contributed by atoms with Crippen LogP contribution in [0.4, 0.5) is 13.2 Å². The number of Topliss-reactive ketones (excluding diaryl/α,β-unsaturated/α-hetero) is 1. The lowest BCUT2D eigenvalue weighted by atomic mass is 9.78. The van der Waals surface area contributed by atoms with Gasteiger partial charge in [0, 0.05) is 16.7 Å². The third-order valence-corrected chi connectivity index (χ3v) is 6.98. The molecule has 0 saturated heterocycles. The van der Waals surface area contributed by atoms with E-state index in [4.69, 9.17) is 5.41 Å². The van der Waals surface area contributed by atoms with Gasteiger partial charge in [0.2, 0.25) is 5.62 Å². The van der Waals surface area contributed by atoms with Gasteiger partial charge in [-0.05, 0) is 46.7 Å². The van der Waals surface area contributed by atoms with Gasteiger partial charge < -0.3 is 14.2 Å². The number of fused-ring (bicyclic) bond motifs is 1. The van der Waals surface area contributed by atoms with Crippen molar-refractivity contribution >= 4 is 16.8 Å². The molecule has 0 amide bonds. The predicted molar refractivity (Wildman–Crippen MR) is 146 cm³/mol. The van der Waals surface area contributed by atoms with E-state index in [1.807, 2.05) is 41.5 Å². The number of rotatable bonds is 5. The molecule has 206 valence electrons. The average Bonchev–Trinajstić information content (AvgIpc) is 3.08. The number of carbonyl (C=O) groups excluding carboxylic acids is 1. The second kappa shape index (κ2) is 9.74. The number of imidazole rings is 1. The third kappa shape index (κ3) is 5.51. The number of hydrogen-bond acceptors (Lipinski definition) is 3. The van der Waals surface area contributed by atoms with Gasteiger partial charge in [-0.2, -0.15) is 13.2 Å². The van der Waals surface area contributed by atoms with Gasteiger partial charge in [0.05, 0.1) is 29.7 Å². The van der Waals surface area contributed by atoms with Gasteiger partial charge in [-0.25, -0.2) is 0 Å². The number of carbonyl (C=O) groups is 1. The predicted octanol–water partition coefficient (Wildman–Crippen LogP) is 7.17. The molecule has 2 N–H and O–H groups in total. The minimum Gasteiger partial charge on any atom is -0.507 e. The number of nitrogens with zero attached hydrogens (tertiary/aromatic N) is 2. The number of halogens is 3. The minimum absolute atomic E-state index is 0.0425. The van der Waals surface area contributed by atoms with Crippen LogP contribution in [0.15, 0.2) is 60.7 Å². The van der Waals surface area contributed by atoms with Crippen LogP contribution in [0.25, 0.3) is 11.0 Å². The lowest BCUT2D eigenvalue weighted by molar-refractivity contribution is -0.138. The summed E-state index contributed by atoms with van der Waals surface area (Å²) in [7, 11) is 0. The molecule has 1 aromatic heterocycles. The van der Waals surface area contributed by atoms with Crippen LogP contribution in [-0.4, -0.2) is 20.0 Å². The van der Waals surface area contributed by atoms with E-state index < -0.39 is 22.6 Å². The van der Waals surface area contributed by atoms with E-state index in [1.165, 1.54) is 21.3 Å². The summed E-state index contributed by atoms with van der Waals surface area (Å²) in [6.45, 7) is 11.4. The lowest BCUT2D eigenvalue weighted by Crippen LogP contribution is -2.28. The molecule has 5 nitrogen and oxygen atoms in total. The Hall–Kier alpha value is -3.81. The summed E-state index contributed by atoms with van der Waals surface area (Å²) in [6, 6.07) is 15.8. The summed E-state index contributed by atoms with van der Waals surface area (Å²) in [5.74, 6) is -0.0941. The van der Waals surface area contributed by atoms with Crippen LogP contribution in [0.2, 0.25) is 0 Å². The maximum Gasteiger partial charge on any atom is 0.416 e. The second-order valence-corrected chi connectivity index (χ2v) is 12.0. The summed E-state index contributed by atoms with van der Waals surface area (Å²) in [4.78, 5) is 13.7. The van der Waals surface area contributed by atoms with Crippen LogP contribution in [0.1, 0.15) is 74.2 Å². The molecular formula is C31H34F3N3O2. The Balaban J connectivity index is 1.82. The number of nitrogens with one attached hydrogen (secondary N) is 1. The molecule has 0 aliphatic rings. The molecule has 4 rings (SSSR count). The first-order valence-electron chi connectivity index (χ1n) is 12.8. The number of aromatic hydroxyl groups is 1. The number of ketones is 1. The van der Waals surface area contributed by atoms with E-state index in [0.29, 0.717) is 27.7 Å². The van der Waals surface area contributed by atoms with E-state index in [2.05, 4.69) is 0 Å². The molecule has 0 unspecified atom stereocenters. The maximum absolute atomic E-state index is 13.7. The standard InChI is InChI=1S/C31H34F3N3O2/c1-29(2,3)22-15-20(16-23(27(22)39)30(4,5)6)26(38)18-37-25-14-10-9-13-24(25)36(28(37)35)17-19-11-7-8-12-21(19)31(32,33)34/h7-16,35,39H,17-18H2,1-6H3. The summed E-state index contributed by atoms with van der Waals surface area (Å²) in [6.07, 6.45) is -4.53. The highest BCUT2D eigenvalue weighted by atomic mass is 19.4. The molecule has 0 spiro atoms. The molecule has 0 fully saturated rings. The summed E-state index contributed by atoms with van der Waals surface area (Å²) in [5.41, 5.74) is 1.22. The van der Waals surface area contributed by atoms with Gasteiger partial charge in [-0.15, -0.1) is 0 Å². The van der Waals surface area contributed by atoms with Crippen LogP contribution in [0, 0.1) is 5.41 Å². The number of benzene rings is 3. The molecule has 39 heavy (non-hydrogen) atoms. The number of phenols is 1. The quantitative estimate of drug-likeness (QED) is 0.265. The van der Waals surface area contributed by atoms with Crippen molar-refractivity contribution in [3.63, 3.8) is 0 Å². The van der Waals surface area contributed by atoms with Crippen LogP contribution < -0.4 is 5.62 Å². The fraction of sp³-hybridized carbons (Fsp3) is 0.355. The Morgan fingerprint density at radius 2 is 1.28 bits per heavy atom. The summed E-state index contributed by atoms with van der Waals surface area (Å²) in [5, 5.41) is 19.9. The van der Waals surface area contributed by atoms with E-state index >= 15 is 0 Å². The summed E-state index contributed by atoms with van der Waals surface area (Å²) >= 11 is 0. The van der Waals surface area contributed by atoms with Crippen molar-refractivity contribution in [3.05, 3.63) is 94.1 Å². The largest absolute Gasteiger partial charge is 0.507 e. The van der Waals surface area contributed by atoms with Crippen LogP contribution in [0.5, 0.6) is 5.75 Å². The van der Waals surface area contributed by atoms with E-state index in [-0.39, 0.29) is 35.8 Å². The molecular weight excluding hydrogens is 503 g/mol. The van der Waals surface area contributed by atoms with E-state index in [9.17, 15) is 23.1 Å². The Kier molecular flexibility index (Phi) is 7.04. The fourth-order valence-electron chi connectivity index (χ4n) is 4.89. The Bertz CT molecular complexity index is 1580. The number of phenolic OH excluding ortho intramolecular Hbond substituents is 1. The summed E-state index contributed by atoms with van der Waals surface area (Å²) < 4.78 is 44.0. The highest BCUT2D eigenvalue weighted by molar-refractivity contribution is 5.97. The third-order valence-electron chi connectivity index (χ3n) is 6.98. The van der Waals surface area contributed by atoms with Gasteiger partial charge in [-0.1, -0.05) is 71.9 Å². The molecule has 4 aromatic rings. The first kappa shape index (κ1) is 28.2. The molecule has 0 saturated carbocycles. The Morgan fingerprint density at radius 3 is 1.79 bits per heavy atom. The normalized spacial score (nSPS) is 12.7. The lowest BCUT2D eigenvalue weighted by Gasteiger charge is -2.28. The Labute approximate surface area is 226 Å². The molecule has 3 aromatic carbocycles. The molecule has 0 aliphatic carbocycles. The molecule has 1 heterocycles. The van der Waals surface area contributed by atoms with Crippen LogP contribution in [0.3, 0.4) is 0 Å². The van der Waals surface area contributed by atoms with Crippen molar-refractivity contribution < 1.29 is 23.1 Å². The average molecular weight is 538 g/mol. The van der Waals surface area contributed by atoms with Crippen molar-refractivity contribution in [1.82, 2.24) is 9.13 Å². The van der Waals surface area contributed by atoms with Gasteiger partial charge in [0.25, 0.3) is 0 Å². The second-order valence-electron chi connectivity index (χ2n) is 12.0. The highest BCUT2D eigenvalue weighted by Gasteiger charge is 2.33. The number of aromatic nitrogens is 2. The van der Waals surface area contributed by atoms with Crippen molar-refractivity contribution in [2.75, 3.05) is 0 Å². The smallest absolute Gasteiger partial charge is 0.416 e. The monoisotopic (exact) mass is 537 g/mol. The van der Waals surface area contributed by atoms with E-state index in [1.54, 1.807) is 42.5 Å². The first-order chi connectivity index (χ1) is 18.0. The van der Waals surface area contributed by atoms with Gasteiger partial charge >= 0.3 is 6.18 Å². The molecule has 8 heteroatoms. The zero-order valence-electron chi connectivity index (χ0n) is 23.1. The van der Waals surface area contributed by atoms with E-state index in [0.717, 1.165) is 6.07 Å². The number of alkyl halides is 3. The van der Waals surface area contributed by atoms with Gasteiger partial charge in [-0.3, -0.25) is 10.2 Å². The molecule has 0 radical (unpaired) electrons.